The maximum atomic E-state index is 11.6. The summed E-state index contributed by atoms with van der Waals surface area (Å²) < 4.78 is 4.40. The molecular weight excluding hydrogens is 220 g/mol. The summed E-state index contributed by atoms with van der Waals surface area (Å²) in [6.45, 7) is 4.36. The molecule has 1 saturated carbocycles. The standard InChI is InChI=1S/C12H22N2O3/c1-8-5-4-6-10(9(8)2)14-11(15)7-13-12(16)17-3/h8-10H,4-7H2,1-3H3,(H,13,16)(H,14,15). The van der Waals surface area contributed by atoms with E-state index in [2.05, 4.69) is 29.2 Å². The molecule has 0 aromatic heterocycles. The number of rotatable bonds is 3. The molecule has 1 aliphatic carbocycles. The molecule has 0 spiro atoms. The Morgan fingerprint density at radius 1 is 1.29 bits per heavy atom. The minimum absolute atomic E-state index is 0.0235. The largest absolute Gasteiger partial charge is 0.453 e. The van der Waals surface area contributed by atoms with Crippen LogP contribution in [0, 0.1) is 11.8 Å². The number of methoxy groups -OCH3 is 1. The molecule has 1 aliphatic rings. The Kier molecular flexibility index (Phi) is 5.25. The lowest BCUT2D eigenvalue weighted by Crippen LogP contribution is -2.47. The van der Waals surface area contributed by atoms with E-state index < -0.39 is 6.09 Å². The van der Waals surface area contributed by atoms with Crippen LogP contribution in [0.1, 0.15) is 33.1 Å². The lowest BCUT2D eigenvalue weighted by molar-refractivity contribution is -0.121. The zero-order valence-corrected chi connectivity index (χ0v) is 10.8. The van der Waals surface area contributed by atoms with Gasteiger partial charge in [0.05, 0.1) is 7.11 Å². The van der Waals surface area contributed by atoms with Crippen LogP contribution in [0.3, 0.4) is 0 Å². The third-order valence-electron chi connectivity index (χ3n) is 3.63. The average molecular weight is 242 g/mol. The van der Waals surface area contributed by atoms with Gasteiger partial charge in [0.25, 0.3) is 0 Å². The molecule has 0 aromatic carbocycles. The van der Waals surface area contributed by atoms with Crippen molar-refractivity contribution in [2.45, 2.75) is 39.2 Å². The number of hydrogen-bond acceptors (Lipinski definition) is 3. The van der Waals surface area contributed by atoms with Gasteiger partial charge in [-0.3, -0.25) is 4.79 Å². The normalized spacial score (nSPS) is 28.3. The van der Waals surface area contributed by atoms with Gasteiger partial charge in [0.1, 0.15) is 6.54 Å². The van der Waals surface area contributed by atoms with E-state index in [0.29, 0.717) is 11.8 Å². The SMILES string of the molecule is COC(=O)NCC(=O)NC1CCCC(C)C1C. The lowest BCUT2D eigenvalue weighted by atomic mass is 9.78. The second-order valence-corrected chi connectivity index (χ2v) is 4.79. The fraction of sp³-hybridized carbons (Fsp3) is 0.833. The molecule has 0 radical (unpaired) electrons. The highest BCUT2D eigenvalue weighted by molar-refractivity contribution is 5.82. The fourth-order valence-corrected chi connectivity index (χ4v) is 2.27. The van der Waals surface area contributed by atoms with Gasteiger partial charge < -0.3 is 15.4 Å². The second kappa shape index (κ2) is 6.47. The highest BCUT2D eigenvalue weighted by Gasteiger charge is 2.27. The first-order valence-electron chi connectivity index (χ1n) is 6.15. The van der Waals surface area contributed by atoms with Crippen LogP contribution in [-0.2, 0) is 9.53 Å². The van der Waals surface area contributed by atoms with Gasteiger partial charge in [-0.25, -0.2) is 4.79 Å². The van der Waals surface area contributed by atoms with Crippen molar-refractivity contribution in [1.29, 1.82) is 0 Å². The molecule has 0 aromatic rings. The summed E-state index contributed by atoms with van der Waals surface area (Å²) in [4.78, 5) is 22.4. The van der Waals surface area contributed by atoms with Crippen molar-refractivity contribution in [3.8, 4) is 0 Å². The van der Waals surface area contributed by atoms with Crippen LogP contribution < -0.4 is 10.6 Å². The number of amides is 2. The Balaban J connectivity index is 2.32. The smallest absolute Gasteiger partial charge is 0.407 e. The summed E-state index contributed by atoms with van der Waals surface area (Å²) in [5, 5.41) is 5.34. The van der Waals surface area contributed by atoms with Gasteiger partial charge >= 0.3 is 6.09 Å². The molecule has 1 fully saturated rings. The minimum atomic E-state index is -0.579. The summed E-state index contributed by atoms with van der Waals surface area (Å²) in [5.74, 6) is 0.981. The molecule has 3 unspecified atom stereocenters. The number of alkyl carbamates (subject to hydrolysis) is 1. The van der Waals surface area contributed by atoms with Crippen LogP contribution in [0.2, 0.25) is 0 Å². The van der Waals surface area contributed by atoms with Crippen LogP contribution in [0.5, 0.6) is 0 Å². The molecule has 0 saturated heterocycles. The van der Waals surface area contributed by atoms with E-state index in [1.807, 2.05) is 0 Å². The number of carbonyl (C=O) groups excluding carboxylic acids is 2. The summed E-state index contributed by atoms with van der Waals surface area (Å²) in [7, 11) is 1.28. The molecule has 5 heteroatoms. The monoisotopic (exact) mass is 242 g/mol. The topological polar surface area (TPSA) is 67.4 Å². The molecule has 2 amide bonds. The van der Waals surface area contributed by atoms with Gasteiger partial charge in [-0.15, -0.1) is 0 Å². The maximum Gasteiger partial charge on any atom is 0.407 e. The zero-order chi connectivity index (χ0) is 12.8. The Hall–Kier alpha value is -1.26. The molecule has 3 atom stereocenters. The molecule has 98 valence electrons. The third-order valence-corrected chi connectivity index (χ3v) is 3.63. The highest BCUT2D eigenvalue weighted by Crippen LogP contribution is 2.29. The van der Waals surface area contributed by atoms with Crippen molar-refractivity contribution in [2.24, 2.45) is 11.8 Å². The summed E-state index contributed by atoms with van der Waals surface area (Å²) in [6.07, 6.45) is 2.83. The van der Waals surface area contributed by atoms with E-state index in [1.165, 1.54) is 13.5 Å². The van der Waals surface area contributed by atoms with Gasteiger partial charge in [0, 0.05) is 6.04 Å². The molecule has 0 heterocycles. The van der Waals surface area contributed by atoms with Crippen molar-refractivity contribution in [3.05, 3.63) is 0 Å². The van der Waals surface area contributed by atoms with E-state index in [0.717, 1.165) is 12.8 Å². The van der Waals surface area contributed by atoms with Gasteiger partial charge in [0.2, 0.25) is 5.91 Å². The maximum absolute atomic E-state index is 11.6. The van der Waals surface area contributed by atoms with Crippen molar-refractivity contribution in [2.75, 3.05) is 13.7 Å². The Morgan fingerprint density at radius 3 is 2.65 bits per heavy atom. The number of carbonyl (C=O) groups is 2. The van der Waals surface area contributed by atoms with E-state index >= 15 is 0 Å². The molecular formula is C12H22N2O3. The summed E-state index contributed by atoms with van der Waals surface area (Å²) >= 11 is 0. The van der Waals surface area contributed by atoms with Crippen LogP contribution in [-0.4, -0.2) is 31.7 Å². The Labute approximate surface area is 102 Å². The van der Waals surface area contributed by atoms with Crippen molar-refractivity contribution in [1.82, 2.24) is 10.6 Å². The van der Waals surface area contributed by atoms with Crippen LogP contribution in [0.15, 0.2) is 0 Å². The first-order valence-corrected chi connectivity index (χ1v) is 6.15. The zero-order valence-electron chi connectivity index (χ0n) is 10.8. The fourth-order valence-electron chi connectivity index (χ4n) is 2.27. The Bertz CT molecular complexity index is 281. The molecule has 2 N–H and O–H groups in total. The molecule has 17 heavy (non-hydrogen) atoms. The van der Waals surface area contributed by atoms with E-state index in [9.17, 15) is 9.59 Å². The number of hydrogen-bond donors (Lipinski definition) is 2. The molecule has 0 aliphatic heterocycles. The third kappa shape index (κ3) is 4.24. The van der Waals surface area contributed by atoms with Crippen molar-refractivity contribution >= 4 is 12.0 Å². The first kappa shape index (κ1) is 13.8. The van der Waals surface area contributed by atoms with Crippen molar-refractivity contribution in [3.63, 3.8) is 0 Å². The van der Waals surface area contributed by atoms with E-state index in [1.54, 1.807) is 0 Å². The predicted molar refractivity (Wildman–Crippen MR) is 64.5 cm³/mol. The van der Waals surface area contributed by atoms with Crippen LogP contribution in [0.4, 0.5) is 4.79 Å². The van der Waals surface area contributed by atoms with Crippen LogP contribution in [0.25, 0.3) is 0 Å². The van der Waals surface area contributed by atoms with E-state index in [-0.39, 0.29) is 18.5 Å². The number of ether oxygens (including phenoxy) is 1. The lowest BCUT2D eigenvalue weighted by Gasteiger charge is -2.34. The molecule has 0 bridgehead atoms. The summed E-state index contributed by atoms with van der Waals surface area (Å²) in [5.41, 5.74) is 0. The van der Waals surface area contributed by atoms with Crippen LogP contribution >= 0.6 is 0 Å². The van der Waals surface area contributed by atoms with Gasteiger partial charge in [-0.1, -0.05) is 26.7 Å². The van der Waals surface area contributed by atoms with Gasteiger partial charge in [0.15, 0.2) is 0 Å². The average Bonchev–Trinajstić information content (AvgIpc) is 2.32. The van der Waals surface area contributed by atoms with E-state index in [4.69, 9.17) is 0 Å². The Morgan fingerprint density at radius 2 is 2.00 bits per heavy atom. The quantitative estimate of drug-likeness (QED) is 0.783. The predicted octanol–water partition coefficient (Wildman–Crippen LogP) is 1.28. The van der Waals surface area contributed by atoms with Gasteiger partial charge in [-0.2, -0.15) is 0 Å². The molecule has 1 rings (SSSR count). The minimum Gasteiger partial charge on any atom is -0.453 e. The summed E-state index contributed by atoms with van der Waals surface area (Å²) in [6, 6.07) is 0.227. The highest BCUT2D eigenvalue weighted by atomic mass is 16.5. The van der Waals surface area contributed by atoms with Crippen molar-refractivity contribution < 1.29 is 14.3 Å². The second-order valence-electron chi connectivity index (χ2n) is 4.79. The van der Waals surface area contributed by atoms with Gasteiger partial charge in [-0.05, 0) is 18.3 Å². The number of nitrogens with one attached hydrogen (secondary N) is 2. The first-order chi connectivity index (χ1) is 8.04. The molecule has 5 nitrogen and oxygen atoms in total.